The van der Waals surface area contributed by atoms with Crippen molar-refractivity contribution in [2.24, 2.45) is 11.8 Å². The summed E-state index contributed by atoms with van der Waals surface area (Å²) < 4.78 is 0. The number of hydrogen-bond donors (Lipinski definition) is 1. The Labute approximate surface area is 177 Å². The number of fused-ring (bicyclic) bond motifs is 1. The Hall–Kier alpha value is -3.02. The lowest BCUT2D eigenvalue weighted by Crippen LogP contribution is -2.42. The van der Waals surface area contributed by atoms with Crippen molar-refractivity contribution in [1.82, 2.24) is 14.7 Å². The molecule has 2 aromatic carbocycles. The number of amides is 3. The maximum absolute atomic E-state index is 12.9. The van der Waals surface area contributed by atoms with Gasteiger partial charge in [0.25, 0.3) is 0 Å². The molecular formula is C24H29N3O3. The quantitative estimate of drug-likeness (QED) is 0.851. The van der Waals surface area contributed by atoms with Gasteiger partial charge >= 0.3 is 6.03 Å². The number of phenols is 1. The lowest BCUT2D eigenvalue weighted by molar-refractivity contribution is -0.129. The molecule has 6 nitrogen and oxygen atoms in total. The fourth-order valence-electron chi connectivity index (χ4n) is 4.92. The Morgan fingerprint density at radius 3 is 2.40 bits per heavy atom. The highest BCUT2D eigenvalue weighted by atomic mass is 16.3. The van der Waals surface area contributed by atoms with E-state index >= 15 is 0 Å². The Kier molecular flexibility index (Phi) is 5.41. The average molecular weight is 408 g/mol. The van der Waals surface area contributed by atoms with Crippen molar-refractivity contribution in [2.45, 2.75) is 19.4 Å². The summed E-state index contributed by atoms with van der Waals surface area (Å²) in [5, 5.41) is 9.45. The van der Waals surface area contributed by atoms with E-state index in [9.17, 15) is 14.7 Å². The molecule has 0 aliphatic carbocycles. The minimum atomic E-state index is -0.0161. The van der Waals surface area contributed by atoms with Gasteiger partial charge in [-0.2, -0.15) is 0 Å². The number of carbonyl (C=O) groups excluding carboxylic acids is 2. The number of hydrogen-bond acceptors (Lipinski definition) is 3. The molecule has 1 N–H and O–H groups in total. The molecule has 2 heterocycles. The van der Waals surface area contributed by atoms with Crippen LogP contribution in [-0.2, 0) is 11.2 Å². The second-order valence-corrected chi connectivity index (χ2v) is 8.70. The van der Waals surface area contributed by atoms with Crippen LogP contribution in [0.25, 0.3) is 0 Å². The summed E-state index contributed by atoms with van der Waals surface area (Å²) in [5.41, 5.74) is 3.25. The predicted octanol–water partition coefficient (Wildman–Crippen LogP) is 3.06. The second kappa shape index (κ2) is 8.01. The summed E-state index contributed by atoms with van der Waals surface area (Å²) in [4.78, 5) is 31.4. The van der Waals surface area contributed by atoms with Crippen LogP contribution in [0.3, 0.4) is 0 Å². The van der Waals surface area contributed by atoms with Crippen molar-refractivity contribution in [2.75, 3.05) is 33.7 Å². The fourth-order valence-corrected chi connectivity index (χ4v) is 4.92. The molecule has 2 aromatic rings. The summed E-state index contributed by atoms with van der Waals surface area (Å²) >= 11 is 0. The van der Waals surface area contributed by atoms with Gasteiger partial charge in [-0.3, -0.25) is 4.79 Å². The number of benzene rings is 2. The fraction of sp³-hybridized carbons (Fsp3) is 0.417. The molecule has 4 rings (SSSR count). The molecule has 6 heteroatoms. The minimum Gasteiger partial charge on any atom is -0.508 e. The molecule has 2 saturated heterocycles. The number of rotatable bonds is 3. The molecule has 3 atom stereocenters. The van der Waals surface area contributed by atoms with E-state index < -0.39 is 0 Å². The van der Waals surface area contributed by atoms with Crippen molar-refractivity contribution >= 4 is 11.9 Å². The van der Waals surface area contributed by atoms with E-state index in [2.05, 4.69) is 19.1 Å². The van der Waals surface area contributed by atoms with Crippen molar-refractivity contribution in [3.63, 3.8) is 0 Å². The van der Waals surface area contributed by atoms with E-state index in [1.165, 1.54) is 11.1 Å². The first-order valence-electron chi connectivity index (χ1n) is 10.4. The SMILES string of the molecule is Cc1ccccc1[C@H]1[C@@H]2CN(C(=O)Cc3ccc(O)cc3)C[C@@H]2CN1C(=O)N(C)C. The van der Waals surface area contributed by atoms with E-state index in [0.29, 0.717) is 26.1 Å². The minimum absolute atomic E-state index is 0.0161. The highest BCUT2D eigenvalue weighted by molar-refractivity contribution is 5.79. The van der Waals surface area contributed by atoms with Crippen molar-refractivity contribution < 1.29 is 14.7 Å². The summed E-state index contributed by atoms with van der Waals surface area (Å²) in [7, 11) is 3.58. The van der Waals surface area contributed by atoms with E-state index in [0.717, 1.165) is 5.56 Å². The predicted molar refractivity (Wildman–Crippen MR) is 115 cm³/mol. The molecule has 0 spiro atoms. The van der Waals surface area contributed by atoms with Gasteiger partial charge in [0, 0.05) is 45.6 Å². The topological polar surface area (TPSA) is 64.1 Å². The molecular weight excluding hydrogens is 378 g/mol. The van der Waals surface area contributed by atoms with Crippen LogP contribution in [0, 0.1) is 18.8 Å². The standard InChI is InChI=1S/C24H29N3O3/c1-16-6-4-5-7-20(16)23-21-15-26(13-18(21)14-27(23)24(30)25(2)3)22(29)12-17-8-10-19(28)11-9-17/h4-11,18,21,23,28H,12-15H2,1-3H3/t18-,21-,23+/m1/s1. The highest BCUT2D eigenvalue weighted by Crippen LogP contribution is 2.46. The number of aromatic hydroxyl groups is 1. The van der Waals surface area contributed by atoms with Crippen LogP contribution < -0.4 is 0 Å². The van der Waals surface area contributed by atoms with Gasteiger partial charge in [-0.05, 0) is 35.7 Å². The van der Waals surface area contributed by atoms with Crippen LogP contribution in [0.4, 0.5) is 4.79 Å². The summed E-state index contributed by atoms with van der Waals surface area (Å²) in [5.74, 6) is 0.818. The summed E-state index contributed by atoms with van der Waals surface area (Å²) in [6.07, 6.45) is 0.328. The van der Waals surface area contributed by atoms with Crippen LogP contribution in [0.15, 0.2) is 48.5 Å². The molecule has 30 heavy (non-hydrogen) atoms. The zero-order chi connectivity index (χ0) is 21.4. The first-order valence-corrected chi connectivity index (χ1v) is 10.4. The van der Waals surface area contributed by atoms with Gasteiger partial charge in [0.15, 0.2) is 0 Å². The number of likely N-dealkylation sites (tertiary alicyclic amines) is 2. The number of phenolic OH excluding ortho intramolecular Hbond substituents is 1. The molecule has 0 saturated carbocycles. The lowest BCUT2D eigenvalue weighted by Gasteiger charge is -2.32. The molecule has 2 aliphatic rings. The van der Waals surface area contributed by atoms with Gasteiger partial charge in [-0.15, -0.1) is 0 Å². The van der Waals surface area contributed by atoms with Crippen LogP contribution in [-0.4, -0.2) is 65.5 Å². The Balaban J connectivity index is 1.55. The van der Waals surface area contributed by atoms with Gasteiger partial charge < -0.3 is 19.8 Å². The summed E-state index contributed by atoms with van der Waals surface area (Å²) in [6, 6.07) is 15.1. The number of urea groups is 1. The Morgan fingerprint density at radius 1 is 1.03 bits per heavy atom. The van der Waals surface area contributed by atoms with Crippen LogP contribution in [0.1, 0.15) is 22.7 Å². The smallest absolute Gasteiger partial charge is 0.320 e. The third-order valence-corrected chi connectivity index (χ3v) is 6.44. The molecule has 3 amide bonds. The first kappa shape index (κ1) is 20.3. The largest absolute Gasteiger partial charge is 0.508 e. The molecule has 2 fully saturated rings. The van der Waals surface area contributed by atoms with Crippen LogP contribution >= 0.6 is 0 Å². The monoisotopic (exact) mass is 407 g/mol. The van der Waals surface area contributed by atoms with E-state index in [1.54, 1.807) is 43.3 Å². The number of aryl methyl sites for hydroxylation is 1. The number of nitrogens with zero attached hydrogens (tertiary/aromatic N) is 3. The third kappa shape index (κ3) is 3.74. The maximum atomic E-state index is 12.9. The van der Waals surface area contributed by atoms with Crippen molar-refractivity contribution in [3.05, 3.63) is 65.2 Å². The molecule has 2 aliphatic heterocycles. The van der Waals surface area contributed by atoms with Gasteiger partial charge in [-0.1, -0.05) is 36.4 Å². The summed E-state index contributed by atoms with van der Waals surface area (Å²) in [6.45, 7) is 4.10. The van der Waals surface area contributed by atoms with E-state index in [-0.39, 0.29) is 35.6 Å². The molecule has 158 valence electrons. The van der Waals surface area contributed by atoms with Crippen molar-refractivity contribution in [1.29, 1.82) is 0 Å². The molecule has 0 unspecified atom stereocenters. The average Bonchev–Trinajstić information content (AvgIpc) is 3.28. The second-order valence-electron chi connectivity index (χ2n) is 8.70. The van der Waals surface area contributed by atoms with Crippen LogP contribution in [0.5, 0.6) is 5.75 Å². The van der Waals surface area contributed by atoms with Gasteiger partial charge in [0.05, 0.1) is 12.5 Å². The molecule has 0 bridgehead atoms. The lowest BCUT2D eigenvalue weighted by atomic mass is 9.88. The van der Waals surface area contributed by atoms with E-state index in [1.807, 2.05) is 21.9 Å². The molecule has 0 aromatic heterocycles. The first-order chi connectivity index (χ1) is 14.3. The van der Waals surface area contributed by atoms with Gasteiger partial charge in [0.2, 0.25) is 5.91 Å². The van der Waals surface area contributed by atoms with Crippen LogP contribution in [0.2, 0.25) is 0 Å². The zero-order valence-corrected chi connectivity index (χ0v) is 17.8. The highest BCUT2D eigenvalue weighted by Gasteiger charge is 2.50. The zero-order valence-electron chi connectivity index (χ0n) is 17.8. The Morgan fingerprint density at radius 2 is 1.73 bits per heavy atom. The Bertz CT molecular complexity index is 941. The maximum Gasteiger partial charge on any atom is 0.320 e. The van der Waals surface area contributed by atoms with Gasteiger partial charge in [0.1, 0.15) is 5.75 Å². The number of carbonyl (C=O) groups is 2. The van der Waals surface area contributed by atoms with Gasteiger partial charge in [-0.25, -0.2) is 4.79 Å². The van der Waals surface area contributed by atoms with Crippen molar-refractivity contribution in [3.8, 4) is 5.75 Å². The molecule has 0 radical (unpaired) electrons. The normalized spacial score (nSPS) is 22.8. The van der Waals surface area contributed by atoms with E-state index in [4.69, 9.17) is 0 Å². The third-order valence-electron chi connectivity index (χ3n) is 6.44.